The normalized spacial score (nSPS) is 13.3. The molecule has 4 nitrogen and oxygen atoms in total. The van der Waals surface area contributed by atoms with Gasteiger partial charge in [-0.1, -0.05) is 13.8 Å². The summed E-state index contributed by atoms with van der Waals surface area (Å²) < 4.78 is 17.4. The van der Waals surface area contributed by atoms with E-state index in [-0.39, 0.29) is 11.2 Å². The first-order valence-corrected chi connectivity index (χ1v) is 8.43. The molecule has 0 fully saturated rings. The molecule has 1 atom stereocenters. The average Bonchev–Trinajstić information content (AvgIpc) is 2.19. The Morgan fingerprint density at radius 3 is 1.81 bits per heavy atom. The highest BCUT2D eigenvalue weighted by Crippen LogP contribution is 2.18. The summed E-state index contributed by atoms with van der Waals surface area (Å²) in [6.07, 6.45) is 2.00. The molecule has 0 heterocycles. The molecular formula is C11H28O4Si. The van der Waals surface area contributed by atoms with Gasteiger partial charge in [-0.25, -0.2) is 0 Å². The summed E-state index contributed by atoms with van der Waals surface area (Å²) in [4.78, 5) is 0. The van der Waals surface area contributed by atoms with Gasteiger partial charge in [0.1, 0.15) is 5.73 Å². The van der Waals surface area contributed by atoms with Gasteiger partial charge in [0.2, 0.25) is 0 Å². The molecule has 16 heavy (non-hydrogen) atoms. The van der Waals surface area contributed by atoms with Crippen LogP contribution in [-0.4, -0.2) is 39.6 Å². The molecule has 0 saturated carbocycles. The fourth-order valence-corrected chi connectivity index (χ4v) is 4.46. The second kappa shape index (κ2) is 10.2. The molecule has 5 heteroatoms. The third-order valence-electron chi connectivity index (χ3n) is 2.34. The zero-order chi connectivity index (χ0) is 11.7. The van der Waals surface area contributed by atoms with E-state index < -0.39 is 8.56 Å². The van der Waals surface area contributed by atoms with Crippen LogP contribution in [0.5, 0.6) is 0 Å². The lowest BCUT2D eigenvalue weighted by molar-refractivity contribution is 0.0472. The van der Waals surface area contributed by atoms with E-state index in [4.69, 9.17) is 13.6 Å². The topological polar surface area (TPSA) is 59.2 Å². The fourth-order valence-electron chi connectivity index (χ4n) is 1.70. The van der Waals surface area contributed by atoms with Crippen molar-refractivity contribution in [3.63, 3.8) is 0 Å². The lowest BCUT2D eigenvalue weighted by Crippen LogP contribution is -2.52. The van der Waals surface area contributed by atoms with Gasteiger partial charge in [-0.15, -0.1) is 0 Å². The standard InChI is InChI=1S/C11H26O3Si.H2O/c1-6-10-12-11(7-2)15(5,13-8-3)14-9-4;/h11H,6-10H2,1-5H3;1H2. The maximum atomic E-state index is 5.82. The van der Waals surface area contributed by atoms with Gasteiger partial charge in [0, 0.05) is 19.8 Å². The predicted molar refractivity (Wildman–Crippen MR) is 68.8 cm³/mol. The first-order valence-electron chi connectivity index (χ1n) is 6.04. The summed E-state index contributed by atoms with van der Waals surface area (Å²) in [6.45, 7) is 12.6. The monoisotopic (exact) mass is 252 g/mol. The number of ether oxygens (including phenoxy) is 1. The molecule has 0 spiro atoms. The number of hydrogen-bond acceptors (Lipinski definition) is 3. The lowest BCUT2D eigenvalue weighted by atomic mass is 10.5. The van der Waals surface area contributed by atoms with Crippen LogP contribution in [0.15, 0.2) is 0 Å². The molecule has 0 saturated heterocycles. The molecule has 0 aliphatic heterocycles. The van der Waals surface area contributed by atoms with Crippen LogP contribution in [0, 0.1) is 0 Å². The Kier molecular flexibility index (Phi) is 11.8. The predicted octanol–water partition coefficient (Wildman–Crippen LogP) is 2.05. The van der Waals surface area contributed by atoms with E-state index in [1.165, 1.54) is 0 Å². The molecule has 0 rings (SSSR count). The quantitative estimate of drug-likeness (QED) is 0.590. The van der Waals surface area contributed by atoms with E-state index in [1.807, 2.05) is 13.8 Å². The molecule has 0 bridgehead atoms. The maximum Gasteiger partial charge on any atom is 0.364 e. The van der Waals surface area contributed by atoms with Crippen molar-refractivity contribution < 1.29 is 19.1 Å². The molecule has 100 valence electrons. The Balaban J connectivity index is 0. The van der Waals surface area contributed by atoms with Crippen LogP contribution in [0.2, 0.25) is 6.55 Å². The van der Waals surface area contributed by atoms with Crippen molar-refractivity contribution in [1.82, 2.24) is 0 Å². The van der Waals surface area contributed by atoms with E-state index in [1.54, 1.807) is 0 Å². The van der Waals surface area contributed by atoms with Gasteiger partial charge >= 0.3 is 8.56 Å². The van der Waals surface area contributed by atoms with Gasteiger partial charge in [-0.2, -0.15) is 0 Å². The van der Waals surface area contributed by atoms with E-state index >= 15 is 0 Å². The van der Waals surface area contributed by atoms with Crippen molar-refractivity contribution >= 4 is 8.56 Å². The van der Waals surface area contributed by atoms with Gasteiger partial charge in [0.05, 0.1) is 0 Å². The molecular weight excluding hydrogens is 224 g/mol. The highest BCUT2D eigenvalue weighted by atomic mass is 28.4. The molecule has 1 unspecified atom stereocenters. The van der Waals surface area contributed by atoms with E-state index in [9.17, 15) is 0 Å². The summed E-state index contributed by atoms with van der Waals surface area (Å²) in [7, 11) is -2.14. The maximum absolute atomic E-state index is 5.82. The van der Waals surface area contributed by atoms with Gasteiger partial charge in [-0.3, -0.25) is 0 Å². The van der Waals surface area contributed by atoms with Crippen LogP contribution in [0.1, 0.15) is 40.5 Å². The highest BCUT2D eigenvalue weighted by molar-refractivity contribution is 6.67. The molecule has 0 amide bonds. The van der Waals surface area contributed by atoms with Gasteiger partial charge < -0.3 is 19.1 Å². The summed E-state index contributed by atoms with van der Waals surface area (Å²) >= 11 is 0. The highest BCUT2D eigenvalue weighted by Gasteiger charge is 2.40. The molecule has 0 aliphatic rings. The molecule has 0 radical (unpaired) electrons. The van der Waals surface area contributed by atoms with Crippen molar-refractivity contribution in [3.05, 3.63) is 0 Å². The Morgan fingerprint density at radius 2 is 1.50 bits per heavy atom. The summed E-state index contributed by atoms with van der Waals surface area (Å²) in [5.41, 5.74) is 0.150. The third kappa shape index (κ3) is 5.96. The Morgan fingerprint density at radius 1 is 1.00 bits per heavy atom. The molecule has 0 aromatic carbocycles. The minimum atomic E-state index is -2.14. The van der Waals surface area contributed by atoms with E-state index in [0.29, 0.717) is 13.2 Å². The first-order chi connectivity index (χ1) is 7.14. The molecule has 0 aromatic heterocycles. The van der Waals surface area contributed by atoms with Crippen LogP contribution >= 0.6 is 0 Å². The average molecular weight is 252 g/mol. The largest absolute Gasteiger partial charge is 0.412 e. The molecule has 0 aliphatic carbocycles. The number of hydrogen-bond donors (Lipinski definition) is 0. The number of rotatable bonds is 9. The smallest absolute Gasteiger partial charge is 0.364 e. The van der Waals surface area contributed by atoms with Crippen LogP contribution in [0.3, 0.4) is 0 Å². The Labute approximate surface area is 101 Å². The Bertz CT molecular complexity index is 149. The minimum Gasteiger partial charge on any atom is -0.412 e. The first kappa shape index (κ1) is 18.4. The van der Waals surface area contributed by atoms with Crippen molar-refractivity contribution in [2.45, 2.75) is 52.8 Å². The summed E-state index contributed by atoms with van der Waals surface area (Å²) in [5.74, 6) is 0. The van der Waals surface area contributed by atoms with Crippen molar-refractivity contribution in [2.24, 2.45) is 0 Å². The van der Waals surface area contributed by atoms with Crippen LogP contribution in [0.4, 0.5) is 0 Å². The summed E-state index contributed by atoms with van der Waals surface area (Å²) in [6, 6.07) is 0. The van der Waals surface area contributed by atoms with E-state index in [0.717, 1.165) is 19.4 Å². The molecule has 0 aromatic rings. The second-order valence-electron chi connectivity index (χ2n) is 3.65. The van der Waals surface area contributed by atoms with Crippen molar-refractivity contribution in [2.75, 3.05) is 19.8 Å². The zero-order valence-corrected chi connectivity index (χ0v) is 12.3. The minimum absolute atomic E-state index is 0. The molecule has 2 N–H and O–H groups in total. The Hall–Kier alpha value is 0.0569. The lowest BCUT2D eigenvalue weighted by Gasteiger charge is -2.33. The second-order valence-corrected chi connectivity index (χ2v) is 6.90. The van der Waals surface area contributed by atoms with Crippen LogP contribution < -0.4 is 0 Å². The third-order valence-corrected chi connectivity index (χ3v) is 5.81. The SMILES string of the molecule is CCCOC(CC)[Si](C)(OCC)OCC.O. The van der Waals surface area contributed by atoms with Crippen molar-refractivity contribution in [1.29, 1.82) is 0 Å². The fraction of sp³-hybridized carbons (Fsp3) is 1.00. The van der Waals surface area contributed by atoms with Gasteiger partial charge in [0.15, 0.2) is 0 Å². The van der Waals surface area contributed by atoms with Crippen LogP contribution in [-0.2, 0) is 13.6 Å². The van der Waals surface area contributed by atoms with E-state index in [2.05, 4.69) is 20.4 Å². The van der Waals surface area contributed by atoms with Crippen molar-refractivity contribution in [3.8, 4) is 0 Å². The van der Waals surface area contributed by atoms with Gasteiger partial charge in [-0.05, 0) is 33.2 Å². The van der Waals surface area contributed by atoms with Crippen LogP contribution in [0.25, 0.3) is 0 Å². The zero-order valence-electron chi connectivity index (χ0n) is 11.3. The van der Waals surface area contributed by atoms with Gasteiger partial charge in [0.25, 0.3) is 0 Å². The summed E-state index contributed by atoms with van der Waals surface area (Å²) in [5, 5.41) is 0.